The lowest BCUT2D eigenvalue weighted by atomic mass is 10.1. The normalized spacial score (nSPS) is 10.4. The molecule has 1 aromatic heterocycles. The third-order valence-electron chi connectivity index (χ3n) is 1.82. The van der Waals surface area contributed by atoms with E-state index >= 15 is 0 Å². The van der Waals surface area contributed by atoms with Crippen molar-refractivity contribution < 1.29 is 4.52 Å². The fraction of sp³-hybridized carbons (Fsp3) is 0.625. The lowest BCUT2D eigenvalue weighted by molar-refractivity contribution is 0.426. The number of hydrogen-bond donors (Lipinski definition) is 1. The minimum absolute atomic E-state index is 0.455. The number of aryl methyl sites for hydroxylation is 1. The molecule has 0 radical (unpaired) electrons. The third-order valence-corrected chi connectivity index (χ3v) is 1.82. The molecule has 1 heterocycles. The Morgan fingerprint density at radius 3 is 2.73 bits per heavy atom. The number of aromatic nitrogens is 1. The molecule has 2 N–H and O–H groups in total. The standard InChI is InChI=1S/C8H14N2O/c1-3-4-5-7-6(2)8(9)11-10-7/h3-5,9H2,1-2H3. The Morgan fingerprint density at radius 1 is 1.55 bits per heavy atom. The Balaban J connectivity index is 2.63. The van der Waals surface area contributed by atoms with Gasteiger partial charge in [-0.1, -0.05) is 18.5 Å². The average Bonchev–Trinajstić information content (AvgIpc) is 2.31. The number of nitrogens with zero attached hydrogens (tertiary/aromatic N) is 1. The summed E-state index contributed by atoms with van der Waals surface area (Å²) >= 11 is 0. The molecule has 0 aliphatic heterocycles. The molecule has 0 atom stereocenters. The first-order chi connectivity index (χ1) is 5.25. The van der Waals surface area contributed by atoms with Crippen molar-refractivity contribution in [1.29, 1.82) is 0 Å². The summed E-state index contributed by atoms with van der Waals surface area (Å²) < 4.78 is 4.82. The highest BCUT2D eigenvalue weighted by atomic mass is 16.5. The Bertz CT molecular complexity index is 230. The van der Waals surface area contributed by atoms with Gasteiger partial charge in [-0.15, -0.1) is 0 Å². The molecule has 3 nitrogen and oxygen atoms in total. The molecular formula is C8H14N2O. The van der Waals surface area contributed by atoms with Crippen molar-refractivity contribution in [1.82, 2.24) is 5.16 Å². The van der Waals surface area contributed by atoms with Gasteiger partial charge in [0, 0.05) is 5.56 Å². The molecule has 1 aromatic rings. The van der Waals surface area contributed by atoms with E-state index in [1.807, 2.05) is 6.92 Å². The molecule has 0 aromatic carbocycles. The predicted molar refractivity (Wildman–Crippen MR) is 44.3 cm³/mol. The molecule has 0 spiro atoms. The molecule has 11 heavy (non-hydrogen) atoms. The van der Waals surface area contributed by atoms with Crippen LogP contribution in [-0.4, -0.2) is 5.16 Å². The first-order valence-corrected chi connectivity index (χ1v) is 3.96. The monoisotopic (exact) mass is 154 g/mol. The van der Waals surface area contributed by atoms with Crippen LogP contribution in [0.2, 0.25) is 0 Å². The topological polar surface area (TPSA) is 52.0 Å². The average molecular weight is 154 g/mol. The zero-order valence-electron chi connectivity index (χ0n) is 7.05. The van der Waals surface area contributed by atoms with Crippen molar-refractivity contribution in [2.45, 2.75) is 33.1 Å². The second-order valence-electron chi connectivity index (χ2n) is 2.72. The van der Waals surface area contributed by atoms with Crippen molar-refractivity contribution in [2.24, 2.45) is 0 Å². The van der Waals surface area contributed by atoms with Gasteiger partial charge >= 0.3 is 0 Å². The van der Waals surface area contributed by atoms with Crippen LogP contribution in [0.5, 0.6) is 0 Å². The van der Waals surface area contributed by atoms with Crippen molar-refractivity contribution in [3.05, 3.63) is 11.3 Å². The van der Waals surface area contributed by atoms with Gasteiger partial charge in [-0.25, -0.2) is 0 Å². The minimum Gasteiger partial charge on any atom is -0.367 e. The van der Waals surface area contributed by atoms with E-state index in [1.54, 1.807) is 0 Å². The Kier molecular flexibility index (Phi) is 2.52. The number of nitrogen functional groups attached to an aromatic ring is 1. The second kappa shape index (κ2) is 3.42. The number of hydrogen-bond acceptors (Lipinski definition) is 3. The van der Waals surface area contributed by atoms with Crippen LogP contribution in [0.25, 0.3) is 0 Å². The van der Waals surface area contributed by atoms with Crippen LogP contribution in [0.15, 0.2) is 4.52 Å². The Morgan fingerprint density at radius 2 is 2.27 bits per heavy atom. The number of rotatable bonds is 3. The molecule has 0 aliphatic carbocycles. The van der Waals surface area contributed by atoms with Crippen molar-refractivity contribution in [3.8, 4) is 0 Å². The van der Waals surface area contributed by atoms with Crippen molar-refractivity contribution >= 4 is 5.88 Å². The summed E-state index contributed by atoms with van der Waals surface area (Å²) in [6, 6.07) is 0. The van der Waals surface area contributed by atoms with Crippen LogP contribution in [0, 0.1) is 6.92 Å². The maximum Gasteiger partial charge on any atom is 0.225 e. The van der Waals surface area contributed by atoms with E-state index in [0.29, 0.717) is 5.88 Å². The molecule has 0 aliphatic rings. The molecule has 0 unspecified atom stereocenters. The lowest BCUT2D eigenvalue weighted by Gasteiger charge is -1.92. The summed E-state index contributed by atoms with van der Waals surface area (Å²) in [5.74, 6) is 0.455. The lowest BCUT2D eigenvalue weighted by Crippen LogP contribution is -1.89. The van der Waals surface area contributed by atoms with Gasteiger partial charge in [0.1, 0.15) is 0 Å². The van der Waals surface area contributed by atoms with E-state index in [1.165, 1.54) is 6.42 Å². The molecule has 0 saturated carbocycles. The molecular weight excluding hydrogens is 140 g/mol. The van der Waals surface area contributed by atoms with E-state index in [0.717, 1.165) is 24.1 Å². The number of unbranched alkanes of at least 4 members (excludes halogenated alkanes) is 1. The van der Waals surface area contributed by atoms with E-state index in [4.69, 9.17) is 10.3 Å². The quantitative estimate of drug-likeness (QED) is 0.723. The highest BCUT2D eigenvalue weighted by molar-refractivity contribution is 5.37. The van der Waals surface area contributed by atoms with E-state index in [9.17, 15) is 0 Å². The molecule has 3 heteroatoms. The van der Waals surface area contributed by atoms with Crippen LogP contribution in [0.4, 0.5) is 5.88 Å². The molecule has 0 saturated heterocycles. The fourth-order valence-electron chi connectivity index (χ4n) is 0.961. The highest BCUT2D eigenvalue weighted by Crippen LogP contribution is 2.15. The minimum atomic E-state index is 0.455. The smallest absolute Gasteiger partial charge is 0.225 e. The van der Waals surface area contributed by atoms with Gasteiger partial charge in [0.15, 0.2) is 0 Å². The molecule has 62 valence electrons. The first kappa shape index (κ1) is 8.11. The molecule has 0 amide bonds. The Labute approximate surface area is 66.6 Å². The van der Waals surface area contributed by atoms with Crippen LogP contribution < -0.4 is 5.73 Å². The number of nitrogens with two attached hydrogens (primary N) is 1. The van der Waals surface area contributed by atoms with E-state index in [2.05, 4.69) is 12.1 Å². The van der Waals surface area contributed by atoms with Gasteiger partial charge < -0.3 is 10.3 Å². The van der Waals surface area contributed by atoms with Gasteiger partial charge in [-0.3, -0.25) is 0 Å². The maximum atomic E-state index is 5.48. The SMILES string of the molecule is CCCCc1noc(N)c1C. The fourth-order valence-corrected chi connectivity index (χ4v) is 0.961. The summed E-state index contributed by atoms with van der Waals surface area (Å²) in [6.07, 6.45) is 3.29. The zero-order valence-corrected chi connectivity index (χ0v) is 7.05. The largest absolute Gasteiger partial charge is 0.367 e. The summed E-state index contributed by atoms with van der Waals surface area (Å²) in [7, 11) is 0. The van der Waals surface area contributed by atoms with Crippen LogP contribution in [0.3, 0.4) is 0 Å². The van der Waals surface area contributed by atoms with Gasteiger partial charge in [0.25, 0.3) is 0 Å². The van der Waals surface area contributed by atoms with E-state index in [-0.39, 0.29) is 0 Å². The van der Waals surface area contributed by atoms with Gasteiger partial charge in [-0.05, 0) is 19.8 Å². The maximum absolute atomic E-state index is 5.48. The number of anilines is 1. The van der Waals surface area contributed by atoms with Gasteiger partial charge in [0.05, 0.1) is 5.69 Å². The first-order valence-electron chi connectivity index (χ1n) is 3.96. The van der Waals surface area contributed by atoms with Crippen molar-refractivity contribution in [3.63, 3.8) is 0 Å². The highest BCUT2D eigenvalue weighted by Gasteiger charge is 2.06. The summed E-state index contributed by atoms with van der Waals surface area (Å²) in [5.41, 5.74) is 7.49. The van der Waals surface area contributed by atoms with Gasteiger partial charge in [-0.2, -0.15) is 0 Å². The van der Waals surface area contributed by atoms with Crippen molar-refractivity contribution in [2.75, 3.05) is 5.73 Å². The molecule has 1 rings (SSSR count). The van der Waals surface area contributed by atoms with Crippen LogP contribution >= 0.6 is 0 Å². The third kappa shape index (κ3) is 1.73. The second-order valence-corrected chi connectivity index (χ2v) is 2.72. The van der Waals surface area contributed by atoms with Crippen LogP contribution in [-0.2, 0) is 6.42 Å². The van der Waals surface area contributed by atoms with Crippen LogP contribution in [0.1, 0.15) is 31.0 Å². The van der Waals surface area contributed by atoms with Gasteiger partial charge in [0.2, 0.25) is 5.88 Å². The summed E-state index contributed by atoms with van der Waals surface area (Å²) in [5, 5.41) is 3.85. The Hall–Kier alpha value is -0.990. The molecule has 0 fully saturated rings. The van der Waals surface area contributed by atoms with E-state index < -0.39 is 0 Å². The molecule has 0 bridgehead atoms. The zero-order chi connectivity index (χ0) is 8.27. The predicted octanol–water partition coefficient (Wildman–Crippen LogP) is 1.91. The summed E-state index contributed by atoms with van der Waals surface area (Å²) in [6.45, 7) is 4.09. The summed E-state index contributed by atoms with van der Waals surface area (Å²) in [4.78, 5) is 0.